The van der Waals surface area contributed by atoms with Crippen LogP contribution in [0.2, 0.25) is 0 Å². The van der Waals surface area contributed by atoms with E-state index in [1.54, 1.807) is 0 Å². The fraction of sp³-hybridized carbons (Fsp3) is 0.917. The molecule has 1 heterocycles. The molecule has 2 N–H and O–H groups in total. The van der Waals surface area contributed by atoms with Gasteiger partial charge in [-0.1, -0.05) is 12.8 Å². The van der Waals surface area contributed by atoms with Gasteiger partial charge in [0.25, 0.3) is 0 Å². The summed E-state index contributed by atoms with van der Waals surface area (Å²) in [6, 6.07) is 0.392. The summed E-state index contributed by atoms with van der Waals surface area (Å²) in [5.74, 6) is 0.802. The first-order valence-electron chi connectivity index (χ1n) is 6.07. The molecular weight excluding hydrogens is 188 g/mol. The van der Waals surface area contributed by atoms with E-state index < -0.39 is 0 Å². The first kappa shape index (κ1) is 10.9. The predicted octanol–water partition coefficient (Wildman–Crippen LogP) is 1.51. The van der Waals surface area contributed by atoms with Gasteiger partial charge in [-0.3, -0.25) is 4.79 Å². The van der Waals surface area contributed by atoms with E-state index in [9.17, 15) is 4.79 Å². The van der Waals surface area contributed by atoms with Crippen LogP contribution < -0.4 is 5.73 Å². The summed E-state index contributed by atoms with van der Waals surface area (Å²) in [6.45, 7) is 2.17. The highest BCUT2D eigenvalue weighted by molar-refractivity contribution is 5.77. The zero-order valence-electron chi connectivity index (χ0n) is 9.83. The monoisotopic (exact) mass is 210 g/mol. The Bertz CT molecular complexity index is 262. The highest BCUT2D eigenvalue weighted by Gasteiger charge is 2.43. The van der Waals surface area contributed by atoms with Gasteiger partial charge in [-0.2, -0.15) is 0 Å². The second-order valence-corrected chi connectivity index (χ2v) is 5.47. The molecule has 0 bridgehead atoms. The number of piperidine rings is 1. The number of nitrogens with two attached hydrogens (primary N) is 1. The Balaban J connectivity index is 2.23. The van der Waals surface area contributed by atoms with Gasteiger partial charge in [-0.05, 0) is 32.1 Å². The summed E-state index contributed by atoms with van der Waals surface area (Å²) in [7, 11) is 1.94. The van der Waals surface area contributed by atoms with E-state index in [0.717, 1.165) is 19.3 Å². The topological polar surface area (TPSA) is 46.3 Å². The largest absolute Gasteiger partial charge is 0.342 e. The van der Waals surface area contributed by atoms with E-state index in [-0.39, 0.29) is 5.54 Å². The lowest BCUT2D eigenvalue weighted by Crippen LogP contribution is -2.56. The van der Waals surface area contributed by atoms with Crippen LogP contribution >= 0.6 is 0 Å². The Morgan fingerprint density at radius 3 is 2.87 bits per heavy atom. The SMILES string of the molecule is CN1C(=O)CCC2C1CCCCC2(C)N. The average Bonchev–Trinajstić information content (AvgIpc) is 2.32. The quantitative estimate of drug-likeness (QED) is 0.659. The third-order valence-electron chi connectivity index (χ3n) is 4.34. The Labute approximate surface area is 92.0 Å². The maximum Gasteiger partial charge on any atom is 0.222 e. The van der Waals surface area contributed by atoms with Crippen molar-refractivity contribution in [2.45, 2.75) is 57.0 Å². The Morgan fingerprint density at radius 1 is 1.40 bits per heavy atom. The molecule has 0 aromatic rings. The van der Waals surface area contributed by atoms with Crippen LogP contribution in [0.25, 0.3) is 0 Å². The molecule has 15 heavy (non-hydrogen) atoms. The Hall–Kier alpha value is -0.570. The normalized spacial score (nSPS) is 42.3. The number of carbonyl (C=O) groups is 1. The van der Waals surface area contributed by atoms with Crippen LogP contribution in [0, 0.1) is 5.92 Å². The van der Waals surface area contributed by atoms with Crippen LogP contribution in [0.1, 0.15) is 45.4 Å². The number of hydrogen-bond acceptors (Lipinski definition) is 2. The summed E-state index contributed by atoms with van der Waals surface area (Å²) in [4.78, 5) is 13.6. The standard InChI is InChI=1S/C12H22N2O/c1-12(13)8-4-3-5-10-9(12)6-7-11(15)14(10)2/h9-10H,3-8,13H2,1-2H3. The van der Waals surface area contributed by atoms with Gasteiger partial charge in [-0.15, -0.1) is 0 Å². The second kappa shape index (κ2) is 3.78. The molecule has 1 saturated heterocycles. The molecule has 1 saturated carbocycles. The van der Waals surface area contributed by atoms with Crippen molar-refractivity contribution >= 4 is 5.91 Å². The van der Waals surface area contributed by atoms with Crippen LogP contribution in [0.3, 0.4) is 0 Å². The summed E-state index contributed by atoms with van der Waals surface area (Å²) in [5.41, 5.74) is 6.33. The van der Waals surface area contributed by atoms with Crippen LogP contribution in [0.5, 0.6) is 0 Å². The lowest BCUT2D eigenvalue weighted by Gasteiger charge is -2.45. The molecule has 2 aliphatic rings. The summed E-state index contributed by atoms with van der Waals surface area (Å²) < 4.78 is 0. The number of hydrogen-bond donors (Lipinski definition) is 1. The van der Waals surface area contributed by atoms with E-state index in [2.05, 4.69) is 6.92 Å². The van der Waals surface area contributed by atoms with Crippen molar-refractivity contribution in [3.63, 3.8) is 0 Å². The van der Waals surface area contributed by atoms with Crippen LogP contribution in [0.15, 0.2) is 0 Å². The maximum atomic E-state index is 11.7. The highest BCUT2D eigenvalue weighted by atomic mass is 16.2. The number of amides is 1. The fourth-order valence-corrected chi connectivity index (χ4v) is 3.31. The minimum Gasteiger partial charge on any atom is -0.342 e. The van der Waals surface area contributed by atoms with Gasteiger partial charge >= 0.3 is 0 Å². The van der Waals surface area contributed by atoms with Gasteiger partial charge in [0, 0.05) is 25.0 Å². The number of carbonyl (C=O) groups excluding carboxylic acids is 1. The molecule has 0 aromatic carbocycles. The van der Waals surface area contributed by atoms with Crippen molar-refractivity contribution in [1.29, 1.82) is 0 Å². The third-order valence-corrected chi connectivity index (χ3v) is 4.34. The molecule has 2 fully saturated rings. The van der Waals surface area contributed by atoms with E-state index >= 15 is 0 Å². The number of rotatable bonds is 0. The molecule has 1 aliphatic heterocycles. The highest BCUT2D eigenvalue weighted by Crippen LogP contribution is 2.38. The molecule has 0 radical (unpaired) electrons. The maximum absolute atomic E-state index is 11.7. The molecule has 3 heteroatoms. The zero-order valence-corrected chi connectivity index (χ0v) is 9.83. The molecule has 1 amide bonds. The third kappa shape index (κ3) is 1.89. The first-order valence-corrected chi connectivity index (χ1v) is 6.07. The molecule has 3 nitrogen and oxygen atoms in total. The summed E-state index contributed by atoms with van der Waals surface area (Å²) >= 11 is 0. The van der Waals surface area contributed by atoms with Crippen LogP contribution in [0.4, 0.5) is 0 Å². The van der Waals surface area contributed by atoms with Crippen molar-refractivity contribution in [2.75, 3.05) is 7.05 Å². The van der Waals surface area contributed by atoms with Crippen molar-refractivity contribution in [3.05, 3.63) is 0 Å². The smallest absolute Gasteiger partial charge is 0.222 e. The average molecular weight is 210 g/mol. The minimum absolute atomic E-state index is 0.0733. The van der Waals surface area contributed by atoms with Gasteiger partial charge < -0.3 is 10.6 Å². The fourth-order valence-electron chi connectivity index (χ4n) is 3.31. The molecule has 86 valence electrons. The van der Waals surface area contributed by atoms with Crippen molar-refractivity contribution in [1.82, 2.24) is 4.90 Å². The lowest BCUT2D eigenvalue weighted by atomic mass is 9.74. The summed E-state index contributed by atoms with van der Waals surface area (Å²) in [6.07, 6.45) is 6.34. The number of likely N-dealkylation sites (tertiary alicyclic amines) is 1. The lowest BCUT2D eigenvalue weighted by molar-refractivity contribution is -0.138. The van der Waals surface area contributed by atoms with Gasteiger partial charge in [0.2, 0.25) is 5.91 Å². The van der Waals surface area contributed by atoms with E-state index in [0.29, 0.717) is 24.3 Å². The predicted molar refractivity (Wildman–Crippen MR) is 60.3 cm³/mol. The second-order valence-electron chi connectivity index (χ2n) is 5.47. The van der Waals surface area contributed by atoms with Crippen molar-refractivity contribution < 1.29 is 4.79 Å². The van der Waals surface area contributed by atoms with Crippen molar-refractivity contribution in [3.8, 4) is 0 Å². The van der Waals surface area contributed by atoms with Crippen molar-refractivity contribution in [2.24, 2.45) is 11.7 Å². The number of nitrogens with zero attached hydrogens (tertiary/aromatic N) is 1. The van der Waals surface area contributed by atoms with Gasteiger partial charge in [0.1, 0.15) is 0 Å². The van der Waals surface area contributed by atoms with E-state index in [4.69, 9.17) is 5.73 Å². The molecule has 0 aromatic heterocycles. The summed E-state index contributed by atoms with van der Waals surface area (Å²) in [5, 5.41) is 0. The van der Waals surface area contributed by atoms with Gasteiger partial charge in [-0.25, -0.2) is 0 Å². The molecule has 3 unspecified atom stereocenters. The number of fused-ring (bicyclic) bond motifs is 1. The van der Waals surface area contributed by atoms with E-state index in [1.807, 2.05) is 11.9 Å². The molecule has 0 spiro atoms. The molecule has 2 rings (SSSR count). The van der Waals surface area contributed by atoms with Crippen LogP contribution in [-0.4, -0.2) is 29.4 Å². The molecule has 3 atom stereocenters. The van der Waals surface area contributed by atoms with Crippen LogP contribution in [-0.2, 0) is 4.79 Å². The zero-order chi connectivity index (χ0) is 11.1. The van der Waals surface area contributed by atoms with Gasteiger partial charge in [0.05, 0.1) is 0 Å². The molecular formula is C12H22N2O. The minimum atomic E-state index is -0.0733. The molecule has 1 aliphatic carbocycles. The Kier molecular flexibility index (Phi) is 2.75. The Morgan fingerprint density at radius 2 is 2.13 bits per heavy atom. The van der Waals surface area contributed by atoms with E-state index in [1.165, 1.54) is 12.8 Å². The first-order chi connectivity index (χ1) is 7.02. The van der Waals surface area contributed by atoms with Gasteiger partial charge in [0.15, 0.2) is 0 Å².